The largest absolute Gasteiger partial charge is 0.381 e. The molecule has 1 N–H and O–H groups in total. The van der Waals surface area contributed by atoms with E-state index in [2.05, 4.69) is 41.4 Å². The quantitative estimate of drug-likeness (QED) is 0.673. The smallest absolute Gasteiger partial charge is 0.0607 e. The third-order valence-corrected chi connectivity index (χ3v) is 3.50. The first-order valence-electron chi connectivity index (χ1n) is 5.47. The Morgan fingerprint density at radius 1 is 1.29 bits per heavy atom. The van der Waals surface area contributed by atoms with Crippen LogP contribution in [0, 0.1) is 0 Å². The van der Waals surface area contributed by atoms with Gasteiger partial charge in [-0.25, -0.2) is 0 Å². The van der Waals surface area contributed by atoms with Gasteiger partial charge < -0.3 is 10.2 Å². The van der Waals surface area contributed by atoms with Crippen LogP contribution in [0.1, 0.15) is 19.8 Å². The summed E-state index contributed by atoms with van der Waals surface area (Å²) in [7, 11) is 0. The molecule has 2 heterocycles. The highest BCUT2D eigenvalue weighted by molar-refractivity contribution is 5.73. The van der Waals surface area contributed by atoms with Crippen LogP contribution in [0.3, 0.4) is 0 Å². The number of hydrogen-bond acceptors (Lipinski definition) is 2. The minimum atomic E-state index is 0.711. The van der Waals surface area contributed by atoms with Crippen LogP contribution >= 0.6 is 0 Å². The van der Waals surface area contributed by atoms with E-state index in [9.17, 15) is 0 Å². The van der Waals surface area contributed by atoms with Crippen molar-refractivity contribution in [1.29, 1.82) is 0 Å². The van der Waals surface area contributed by atoms with Gasteiger partial charge in [-0.1, -0.05) is 12.1 Å². The summed E-state index contributed by atoms with van der Waals surface area (Å²) in [5.74, 6) is 0. The van der Waals surface area contributed by atoms with Crippen molar-refractivity contribution in [2.75, 3.05) is 16.8 Å². The van der Waals surface area contributed by atoms with Gasteiger partial charge in [-0.05, 0) is 31.9 Å². The van der Waals surface area contributed by atoms with Gasteiger partial charge in [-0.15, -0.1) is 0 Å². The van der Waals surface area contributed by atoms with Crippen LogP contribution in [0.5, 0.6) is 0 Å². The fraction of sp³-hybridized carbons (Fsp3) is 0.500. The maximum absolute atomic E-state index is 3.51. The van der Waals surface area contributed by atoms with E-state index in [0.29, 0.717) is 6.04 Å². The Kier molecular flexibility index (Phi) is 1.69. The van der Waals surface area contributed by atoms with Gasteiger partial charge in [0.05, 0.1) is 11.4 Å². The molecule has 1 aromatic rings. The molecule has 3 rings (SSSR count). The second-order valence-corrected chi connectivity index (χ2v) is 4.39. The normalized spacial score (nSPS) is 29.4. The average Bonchev–Trinajstić information content (AvgIpc) is 2.61. The highest BCUT2D eigenvalue weighted by Gasteiger charge is 2.34. The van der Waals surface area contributed by atoms with Crippen LogP contribution in [0.25, 0.3) is 0 Å². The van der Waals surface area contributed by atoms with E-state index in [1.807, 2.05) is 0 Å². The lowest BCUT2D eigenvalue weighted by Crippen LogP contribution is -2.42. The Labute approximate surface area is 84.9 Å². The van der Waals surface area contributed by atoms with Crippen molar-refractivity contribution in [2.45, 2.75) is 31.8 Å². The molecule has 0 amide bonds. The maximum Gasteiger partial charge on any atom is 0.0607 e. The maximum atomic E-state index is 3.51. The molecule has 0 aromatic heterocycles. The minimum Gasteiger partial charge on any atom is -0.381 e. The summed E-state index contributed by atoms with van der Waals surface area (Å²) < 4.78 is 0. The van der Waals surface area contributed by atoms with Gasteiger partial charge >= 0.3 is 0 Å². The average molecular weight is 188 g/mol. The molecule has 1 fully saturated rings. The molecular formula is C12H16N2. The van der Waals surface area contributed by atoms with Gasteiger partial charge in [-0.2, -0.15) is 0 Å². The molecule has 0 unspecified atom stereocenters. The summed E-state index contributed by atoms with van der Waals surface area (Å²) in [5.41, 5.74) is 2.70. The summed E-state index contributed by atoms with van der Waals surface area (Å²) in [5, 5.41) is 3.51. The van der Waals surface area contributed by atoms with Gasteiger partial charge in [0, 0.05) is 18.6 Å². The van der Waals surface area contributed by atoms with Crippen molar-refractivity contribution in [1.82, 2.24) is 0 Å². The van der Waals surface area contributed by atoms with Crippen LogP contribution < -0.4 is 10.2 Å². The molecular weight excluding hydrogens is 172 g/mol. The first-order chi connectivity index (χ1) is 6.86. The minimum absolute atomic E-state index is 0.711. The lowest BCUT2D eigenvalue weighted by atomic mass is 10.1. The van der Waals surface area contributed by atoms with Crippen LogP contribution in [0.2, 0.25) is 0 Å². The van der Waals surface area contributed by atoms with E-state index < -0.39 is 0 Å². The van der Waals surface area contributed by atoms with E-state index >= 15 is 0 Å². The fourth-order valence-corrected chi connectivity index (χ4v) is 2.78. The molecule has 2 atom stereocenters. The molecule has 1 saturated heterocycles. The molecule has 1 aromatic carbocycles. The number of para-hydroxylation sites is 2. The predicted molar refractivity (Wildman–Crippen MR) is 59.9 cm³/mol. The third kappa shape index (κ3) is 1.03. The highest BCUT2D eigenvalue weighted by Crippen LogP contribution is 2.38. The molecule has 0 aliphatic carbocycles. The van der Waals surface area contributed by atoms with Gasteiger partial charge in [0.15, 0.2) is 0 Å². The third-order valence-electron chi connectivity index (χ3n) is 3.50. The van der Waals surface area contributed by atoms with Crippen molar-refractivity contribution >= 4 is 11.4 Å². The fourth-order valence-electron chi connectivity index (χ4n) is 2.78. The van der Waals surface area contributed by atoms with Gasteiger partial charge in [0.1, 0.15) is 0 Å². The highest BCUT2D eigenvalue weighted by atomic mass is 15.3. The van der Waals surface area contributed by atoms with Gasteiger partial charge in [0.25, 0.3) is 0 Å². The van der Waals surface area contributed by atoms with Crippen LogP contribution in [0.15, 0.2) is 24.3 Å². The molecule has 14 heavy (non-hydrogen) atoms. The van der Waals surface area contributed by atoms with Crippen LogP contribution in [-0.4, -0.2) is 18.6 Å². The van der Waals surface area contributed by atoms with Crippen molar-refractivity contribution in [3.8, 4) is 0 Å². The summed E-state index contributed by atoms with van der Waals surface area (Å²) >= 11 is 0. The Bertz CT molecular complexity index is 348. The van der Waals surface area contributed by atoms with Gasteiger partial charge in [0.2, 0.25) is 0 Å². The van der Waals surface area contributed by atoms with Gasteiger partial charge in [-0.3, -0.25) is 0 Å². The van der Waals surface area contributed by atoms with Crippen molar-refractivity contribution in [3.63, 3.8) is 0 Å². The van der Waals surface area contributed by atoms with E-state index in [4.69, 9.17) is 0 Å². The molecule has 2 heteroatoms. The zero-order chi connectivity index (χ0) is 9.54. The Morgan fingerprint density at radius 2 is 2.14 bits per heavy atom. The van der Waals surface area contributed by atoms with E-state index in [-0.39, 0.29) is 0 Å². The zero-order valence-electron chi connectivity index (χ0n) is 8.53. The molecule has 2 aliphatic rings. The monoisotopic (exact) mass is 188 g/mol. The van der Waals surface area contributed by atoms with E-state index in [0.717, 1.165) is 12.6 Å². The lowest BCUT2D eigenvalue weighted by molar-refractivity contribution is 0.656. The Morgan fingerprint density at radius 3 is 3.07 bits per heavy atom. The van der Waals surface area contributed by atoms with Crippen molar-refractivity contribution in [2.24, 2.45) is 0 Å². The number of nitrogens with zero attached hydrogens (tertiary/aromatic N) is 1. The number of anilines is 2. The van der Waals surface area contributed by atoms with E-state index in [1.165, 1.54) is 24.2 Å². The molecule has 2 nitrogen and oxygen atoms in total. The summed E-state index contributed by atoms with van der Waals surface area (Å²) in [6.45, 7) is 3.45. The lowest BCUT2D eigenvalue weighted by Gasteiger charge is -2.37. The first kappa shape index (κ1) is 8.16. The molecule has 0 bridgehead atoms. The number of fused-ring (bicyclic) bond motifs is 3. The van der Waals surface area contributed by atoms with Crippen LogP contribution in [-0.2, 0) is 0 Å². The van der Waals surface area contributed by atoms with E-state index in [1.54, 1.807) is 0 Å². The second-order valence-electron chi connectivity index (χ2n) is 4.39. The van der Waals surface area contributed by atoms with Crippen molar-refractivity contribution < 1.29 is 0 Å². The summed E-state index contributed by atoms with van der Waals surface area (Å²) in [6, 6.07) is 10.1. The molecule has 0 saturated carbocycles. The Balaban J connectivity index is 2.07. The number of rotatable bonds is 0. The first-order valence-corrected chi connectivity index (χ1v) is 5.47. The van der Waals surface area contributed by atoms with Crippen molar-refractivity contribution in [3.05, 3.63) is 24.3 Å². The number of nitrogens with one attached hydrogen (secondary N) is 1. The molecule has 2 aliphatic heterocycles. The number of hydrogen-bond donors (Lipinski definition) is 1. The Hall–Kier alpha value is -1.18. The molecule has 0 radical (unpaired) electrons. The predicted octanol–water partition coefficient (Wildman–Crippen LogP) is 2.47. The summed E-state index contributed by atoms with van der Waals surface area (Å²) in [6.07, 6.45) is 2.67. The second kappa shape index (κ2) is 2.91. The SMILES string of the molecule is C[C@@H]1CC[C@@H]2CNc3ccccc3N21. The molecule has 74 valence electrons. The van der Waals surface area contributed by atoms with Crippen LogP contribution in [0.4, 0.5) is 11.4 Å². The molecule has 0 spiro atoms. The topological polar surface area (TPSA) is 15.3 Å². The standard InChI is InChI=1S/C12H16N2/c1-9-6-7-10-8-13-11-4-2-3-5-12(11)14(9)10/h2-5,9-10,13H,6-8H2,1H3/t9-,10-/m1/s1. The zero-order valence-corrected chi connectivity index (χ0v) is 8.53. The summed E-state index contributed by atoms with van der Waals surface area (Å²) in [4.78, 5) is 2.59. The number of benzene rings is 1.